The summed E-state index contributed by atoms with van der Waals surface area (Å²) in [5.74, 6) is 0.781. The third-order valence-electron chi connectivity index (χ3n) is 4.68. The Morgan fingerprint density at radius 1 is 1.31 bits per heavy atom. The summed E-state index contributed by atoms with van der Waals surface area (Å²) in [7, 11) is 1.61. The van der Waals surface area contributed by atoms with Crippen molar-refractivity contribution in [1.82, 2.24) is 9.55 Å². The molecular formula is C20H19N3O3. The smallest absolute Gasteiger partial charge is 0.307 e. The van der Waals surface area contributed by atoms with Crippen molar-refractivity contribution in [1.29, 1.82) is 0 Å². The highest BCUT2D eigenvalue weighted by atomic mass is 16.5. The molecule has 2 aromatic heterocycles. The molecule has 3 heterocycles. The number of aliphatic imine (C=N–C) groups is 1. The molecular weight excluding hydrogens is 330 g/mol. The third kappa shape index (κ3) is 2.83. The molecule has 0 unspecified atom stereocenters. The second-order valence-corrected chi connectivity index (χ2v) is 6.26. The molecule has 0 atom stereocenters. The first-order valence-electron chi connectivity index (χ1n) is 8.53. The van der Waals surface area contributed by atoms with Crippen molar-refractivity contribution in [3.05, 3.63) is 59.5 Å². The van der Waals surface area contributed by atoms with E-state index in [-0.39, 0.29) is 6.42 Å². The first-order chi connectivity index (χ1) is 12.7. The molecule has 26 heavy (non-hydrogen) atoms. The number of aromatic nitrogens is 2. The zero-order valence-corrected chi connectivity index (χ0v) is 14.5. The highest BCUT2D eigenvalue weighted by molar-refractivity contribution is 6.01. The zero-order chi connectivity index (χ0) is 18.1. The number of hydrogen-bond acceptors (Lipinski definition) is 4. The lowest BCUT2D eigenvalue weighted by atomic mass is 10.1. The van der Waals surface area contributed by atoms with Crippen LogP contribution in [0, 0.1) is 0 Å². The molecule has 0 amide bonds. The molecule has 6 heteroatoms. The van der Waals surface area contributed by atoms with Gasteiger partial charge in [0.1, 0.15) is 11.6 Å². The molecule has 0 saturated heterocycles. The summed E-state index contributed by atoms with van der Waals surface area (Å²) in [6.07, 6.45) is 3.10. The number of rotatable bonds is 5. The summed E-state index contributed by atoms with van der Waals surface area (Å²) in [5, 5.41) is 10.3. The Morgan fingerprint density at radius 3 is 2.92 bits per heavy atom. The Labute approximate surface area is 150 Å². The van der Waals surface area contributed by atoms with Crippen LogP contribution < -0.4 is 4.74 Å². The minimum atomic E-state index is -0.836. The number of nitrogens with zero attached hydrogens (tertiary/aromatic N) is 3. The molecule has 1 aromatic carbocycles. The van der Waals surface area contributed by atoms with Gasteiger partial charge in [0.05, 0.1) is 19.0 Å². The van der Waals surface area contributed by atoms with Crippen LogP contribution in [0.25, 0.3) is 10.9 Å². The van der Waals surface area contributed by atoms with Crippen molar-refractivity contribution in [3.8, 4) is 5.75 Å². The molecule has 0 radical (unpaired) electrons. The maximum absolute atomic E-state index is 11.4. The third-order valence-corrected chi connectivity index (χ3v) is 4.68. The Morgan fingerprint density at radius 2 is 2.19 bits per heavy atom. The maximum atomic E-state index is 11.4. The van der Waals surface area contributed by atoms with Crippen molar-refractivity contribution in [2.45, 2.75) is 19.3 Å². The van der Waals surface area contributed by atoms with Crippen molar-refractivity contribution in [2.24, 2.45) is 4.99 Å². The highest BCUT2D eigenvalue weighted by Gasteiger charge is 2.24. The molecule has 1 N–H and O–H groups in total. The lowest BCUT2D eigenvalue weighted by Gasteiger charge is -2.18. The van der Waals surface area contributed by atoms with Crippen LogP contribution in [-0.4, -0.2) is 40.1 Å². The van der Waals surface area contributed by atoms with Gasteiger partial charge in [-0.05, 0) is 35.9 Å². The normalized spacial score (nSPS) is 13.3. The van der Waals surface area contributed by atoms with E-state index in [0.717, 1.165) is 45.9 Å². The predicted molar refractivity (Wildman–Crippen MR) is 99.2 cm³/mol. The van der Waals surface area contributed by atoms with E-state index in [1.807, 2.05) is 36.4 Å². The van der Waals surface area contributed by atoms with E-state index < -0.39 is 5.97 Å². The highest BCUT2D eigenvalue weighted by Crippen LogP contribution is 2.32. The van der Waals surface area contributed by atoms with E-state index in [9.17, 15) is 9.90 Å². The van der Waals surface area contributed by atoms with Gasteiger partial charge in [0.25, 0.3) is 0 Å². The van der Waals surface area contributed by atoms with Gasteiger partial charge >= 0.3 is 5.97 Å². The van der Waals surface area contributed by atoms with Crippen LogP contribution in [0.5, 0.6) is 5.75 Å². The van der Waals surface area contributed by atoms with Crippen molar-refractivity contribution >= 4 is 22.7 Å². The Balaban J connectivity index is 1.88. The number of fused-ring (bicyclic) bond motifs is 3. The summed E-state index contributed by atoms with van der Waals surface area (Å²) >= 11 is 0. The van der Waals surface area contributed by atoms with Crippen LogP contribution in [0.15, 0.2) is 47.6 Å². The second-order valence-electron chi connectivity index (χ2n) is 6.26. The standard InChI is InChI=1S/C20H19N3O3/c1-26-14-5-6-17-15(11-14)16(12-20(24)25)18-7-9-22-19(23(17)18)10-13-4-2-3-8-21-13/h2-6,8,11H,7,9-10,12H2,1H3,(H,24,25). The van der Waals surface area contributed by atoms with Gasteiger partial charge in [-0.3, -0.25) is 14.8 Å². The summed E-state index contributed by atoms with van der Waals surface area (Å²) < 4.78 is 7.44. The molecule has 0 aliphatic carbocycles. The molecule has 3 aromatic rings. The average molecular weight is 349 g/mol. The predicted octanol–water partition coefficient (Wildman–Crippen LogP) is 2.72. The molecule has 0 bridgehead atoms. The first kappa shape index (κ1) is 16.3. The van der Waals surface area contributed by atoms with Crippen LogP contribution >= 0.6 is 0 Å². The monoisotopic (exact) mass is 349 g/mol. The molecule has 132 valence electrons. The van der Waals surface area contributed by atoms with Gasteiger partial charge in [-0.2, -0.15) is 0 Å². The molecule has 6 nitrogen and oxygen atoms in total. The maximum Gasteiger partial charge on any atom is 0.307 e. The van der Waals surface area contributed by atoms with E-state index >= 15 is 0 Å². The van der Waals surface area contributed by atoms with E-state index in [1.165, 1.54) is 0 Å². The van der Waals surface area contributed by atoms with Gasteiger partial charge in [-0.15, -0.1) is 0 Å². The lowest BCUT2D eigenvalue weighted by Crippen LogP contribution is -2.24. The Bertz CT molecular complexity index is 1010. The molecule has 1 aliphatic rings. The molecule has 4 rings (SSSR count). The Hall–Kier alpha value is -3.15. The zero-order valence-electron chi connectivity index (χ0n) is 14.5. The van der Waals surface area contributed by atoms with Crippen LogP contribution in [-0.2, 0) is 24.1 Å². The summed E-state index contributed by atoms with van der Waals surface area (Å²) in [6, 6.07) is 11.6. The minimum absolute atomic E-state index is 0.0110. The number of benzene rings is 1. The average Bonchev–Trinajstić information content (AvgIpc) is 2.96. The molecule has 0 spiro atoms. The van der Waals surface area contributed by atoms with Crippen molar-refractivity contribution in [3.63, 3.8) is 0 Å². The van der Waals surface area contributed by atoms with Crippen molar-refractivity contribution in [2.75, 3.05) is 13.7 Å². The SMILES string of the molecule is COc1ccc2c(c1)c(CC(=O)O)c1n2C(Cc2ccccn2)=NCC1. The summed E-state index contributed by atoms with van der Waals surface area (Å²) in [6.45, 7) is 0.655. The van der Waals surface area contributed by atoms with Gasteiger partial charge in [0, 0.05) is 42.4 Å². The number of carboxylic acid groups (broad SMARTS) is 1. The summed E-state index contributed by atoms with van der Waals surface area (Å²) in [5.41, 5.74) is 3.78. The first-order valence-corrected chi connectivity index (χ1v) is 8.53. The molecule has 0 saturated carbocycles. The van der Waals surface area contributed by atoms with E-state index in [0.29, 0.717) is 13.0 Å². The summed E-state index contributed by atoms with van der Waals surface area (Å²) in [4.78, 5) is 20.6. The quantitative estimate of drug-likeness (QED) is 0.768. The fraction of sp³-hybridized carbons (Fsp3) is 0.250. The lowest BCUT2D eigenvalue weighted by molar-refractivity contribution is -0.136. The molecule has 1 aliphatic heterocycles. The van der Waals surface area contributed by atoms with E-state index in [1.54, 1.807) is 13.3 Å². The van der Waals surface area contributed by atoms with Crippen LogP contribution in [0.4, 0.5) is 0 Å². The van der Waals surface area contributed by atoms with Crippen LogP contribution in [0.3, 0.4) is 0 Å². The number of carboxylic acids is 1. The number of carbonyl (C=O) groups is 1. The Kier molecular flexibility index (Phi) is 4.16. The topological polar surface area (TPSA) is 76.7 Å². The van der Waals surface area contributed by atoms with Gasteiger partial charge < -0.3 is 14.4 Å². The van der Waals surface area contributed by atoms with Crippen molar-refractivity contribution < 1.29 is 14.6 Å². The number of methoxy groups -OCH3 is 1. The van der Waals surface area contributed by atoms with Gasteiger partial charge in [-0.25, -0.2) is 0 Å². The fourth-order valence-corrected chi connectivity index (χ4v) is 3.58. The largest absolute Gasteiger partial charge is 0.497 e. The molecule has 0 fully saturated rings. The number of ether oxygens (including phenoxy) is 1. The van der Waals surface area contributed by atoms with Gasteiger partial charge in [0.15, 0.2) is 0 Å². The number of aliphatic carboxylic acids is 1. The minimum Gasteiger partial charge on any atom is -0.497 e. The van der Waals surface area contributed by atoms with E-state index in [4.69, 9.17) is 9.73 Å². The van der Waals surface area contributed by atoms with Gasteiger partial charge in [-0.1, -0.05) is 6.07 Å². The fourth-order valence-electron chi connectivity index (χ4n) is 3.58. The van der Waals surface area contributed by atoms with Crippen LogP contribution in [0.1, 0.15) is 17.0 Å². The van der Waals surface area contributed by atoms with Crippen LogP contribution in [0.2, 0.25) is 0 Å². The number of pyridine rings is 1. The number of hydrogen-bond donors (Lipinski definition) is 1. The second kappa shape index (κ2) is 6.63. The van der Waals surface area contributed by atoms with Gasteiger partial charge in [0.2, 0.25) is 0 Å². The van der Waals surface area contributed by atoms with E-state index in [2.05, 4.69) is 9.55 Å².